The molecular weight excluding hydrogens is 302 g/mol. The molecule has 2 aromatic carbocycles. The number of anilines is 2. The van der Waals surface area contributed by atoms with Crippen LogP contribution < -0.4 is 16.4 Å². The number of hydrogen-bond donors (Lipinski definition) is 3. The fourth-order valence-corrected chi connectivity index (χ4v) is 3.10. The highest BCUT2D eigenvalue weighted by molar-refractivity contribution is 5.94. The van der Waals surface area contributed by atoms with E-state index in [0.29, 0.717) is 17.8 Å². The predicted molar refractivity (Wildman–Crippen MR) is 95.1 cm³/mol. The minimum atomic E-state index is -0.632. The predicted octanol–water partition coefficient (Wildman–Crippen LogP) is 3.24. The Balaban J connectivity index is 1.64. The molecule has 0 spiro atoms. The minimum absolute atomic E-state index is 0.0815. The maximum absolute atomic E-state index is 12.3. The van der Waals surface area contributed by atoms with Crippen LogP contribution in [0.3, 0.4) is 0 Å². The van der Waals surface area contributed by atoms with E-state index in [1.54, 1.807) is 24.3 Å². The van der Waals surface area contributed by atoms with Gasteiger partial charge in [0.15, 0.2) is 0 Å². The number of nitrogens with one attached hydrogen (secondary N) is 2. The van der Waals surface area contributed by atoms with Crippen molar-refractivity contribution in [1.82, 2.24) is 0 Å². The van der Waals surface area contributed by atoms with Crippen molar-refractivity contribution < 1.29 is 9.59 Å². The molecule has 0 unspecified atom stereocenters. The molecule has 4 N–H and O–H groups in total. The molecule has 124 valence electrons. The van der Waals surface area contributed by atoms with Gasteiger partial charge in [-0.15, -0.1) is 0 Å². The van der Waals surface area contributed by atoms with E-state index in [9.17, 15) is 9.59 Å². The summed E-state index contributed by atoms with van der Waals surface area (Å²) < 4.78 is 0. The van der Waals surface area contributed by atoms with Gasteiger partial charge in [-0.05, 0) is 60.6 Å². The molecule has 2 aromatic rings. The number of fused-ring (bicyclic) bond motifs is 1. The topological polar surface area (TPSA) is 84.2 Å². The fraction of sp³-hybridized carbons (Fsp3) is 0.263. The number of carbonyl (C=O) groups is 2. The first-order chi connectivity index (χ1) is 11.6. The number of primary amides is 1. The number of benzene rings is 2. The summed E-state index contributed by atoms with van der Waals surface area (Å²) >= 11 is 0. The molecule has 0 heterocycles. The summed E-state index contributed by atoms with van der Waals surface area (Å²) in [6.07, 6.45) is 5.05. The molecule has 5 heteroatoms. The van der Waals surface area contributed by atoms with Gasteiger partial charge < -0.3 is 16.4 Å². The van der Waals surface area contributed by atoms with Crippen molar-refractivity contribution >= 4 is 23.3 Å². The van der Waals surface area contributed by atoms with Crippen LogP contribution in [0.2, 0.25) is 0 Å². The summed E-state index contributed by atoms with van der Waals surface area (Å²) in [6, 6.07) is 12.6. The Bertz CT molecular complexity index is 771. The molecule has 0 fully saturated rings. The van der Waals surface area contributed by atoms with E-state index in [0.717, 1.165) is 18.4 Å². The lowest BCUT2D eigenvalue weighted by Crippen LogP contribution is -2.19. The van der Waals surface area contributed by atoms with Gasteiger partial charge in [0.2, 0.25) is 5.91 Å². The normalized spacial score (nSPS) is 13.0. The number of hydrogen-bond acceptors (Lipinski definition) is 2. The van der Waals surface area contributed by atoms with Crippen molar-refractivity contribution in [3.05, 3.63) is 59.2 Å². The van der Waals surface area contributed by atoms with Gasteiger partial charge in [0.05, 0.1) is 6.42 Å². The Labute approximate surface area is 141 Å². The van der Waals surface area contributed by atoms with Gasteiger partial charge in [0.1, 0.15) is 0 Å². The van der Waals surface area contributed by atoms with Crippen molar-refractivity contribution in [3.8, 4) is 0 Å². The molecular formula is C19H21N3O2. The maximum atomic E-state index is 12.3. The second kappa shape index (κ2) is 7.17. The maximum Gasteiger partial charge on any atom is 0.316 e. The molecule has 5 nitrogen and oxygen atoms in total. The summed E-state index contributed by atoms with van der Waals surface area (Å²) in [5, 5.41) is 5.34. The van der Waals surface area contributed by atoms with Crippen LogP contribution in [0.25, 0.3) is 0 Å². The lowest BCUT2D eigenvalue weighted by Gasteiger charge is -2.16. The highest BCUT2D eigenvalue weighted by atomic mass is 16.2. The molecule has 0 bridgehead atoms. The summed E-state index contributed by atoms with van der Waals surface area (Å²) in [6.45, 7) is 0. The smallest absolute Gasteiger partial charge is 0.316 e. The van der Waals surface area contributed by atoms with E-state index in [2.05, 4.69) is 22.8 Å². The van der Waals surface area contributed by atoms with Crippen LogP contribution >= 0.6 is 0 Å². The molecule has 0 aliphatic heterocycles. The third kappa shape index (κ3) is 4.13. The molecule has 0 atom stereocenters. The van der Waals surface area contributed by atoms with Crippen LogP contribution in [0.5, 0.6) is 0 Å². The Kier molecular flexibility index (Phi) is 4.79. The van der Waals surface area contributed by atoms with Gasteiger partial charge in [-0.2, -0.15) is 0 Å². The number of rotatable bonds is 4. The average Bonchev–Trinajstić information content (AvgIpc) is 2.54. The summed E-state index contributed by atoms with van der Waals surface area (Å²) in [5.41, 5.74) is 10.1. The summed E-state index contributed by atoms with van der Waals surface area (Å²) in [4.78, 5) is 23.1. The Morgan fingerprint density at radius 2 is 1.62 bits per heavy atom. The van der Waals surface area contributed by atoms with Crippen molar-refractivity contribution in [3.63, 3.8) is 0 Å². The zero-order chi connectivity index (χ0) is 16.9. The van der Waals surface area contributed by atoms with Gasteiger partial charge in [-0.25, -0.2) is 4.79 Å². The highest BCUT2D eigenvalue weighted by Crippen LogP contribution is 2.22. The van der Waals surface area contributed by atoms with E-state index in [4.69, 9.17) is 5.73 Å². The Hall–Kier alpha value is -2.82. The molecule has 3 amide bonds. The van der Waals surface area contributed by atoms with Gasteiger partial charge >= 0.3 is 6.03 Å². The van der Waals surface area contributed by atoms with E-state index in [1.807, 2.05) is 6.07 Å². The molecule has 0 radical (unpaired) electrons. The first kappa shape index (κ1) is 16.1. The van der Waals surface area contributed by atoms with Crippen LogP contribution in [0.4, 0.5) is 16.2 Å². The second-order valence-corrected chi connectivity index (χ2v) is 6.11. The quantitative estimate of drug-likeness (QED) is 0.807. The lowest BCUT2D eigenvalue weighted by atomic mass is 9.90. The van der Waals surface area contributed by atoms with Crippen LogP contribution in [0.15, 0.2) is 42.5 Å². The van der Waals surface area contributed by atoms with Gasteiger partial charge in [0.25, 0.3) is 0 Å². The molecule has 3 rings (SSSR count). The number of nitrogens with two attached hydrogens (primary N) is 1. The standard InChI is InChI=1S/C19H21N3O2/c20-19(24)22-17-7-3-6-16(12-17)21-18(23)11-13-8-9-14-4-1-2-5-15(14)10-13/h3,6-10,12H,1-2,4-5,11H2,(H,21,23)(H3,20,22,24). The average molecular weight is 323 g/mol. The SMILES string of the molecule is NC(=O)Nc1cccc(NC(=O)Cc2ccc3c(c2)CCCC3)c1. The largest absolute Gasteiger partial charge is 0.351 e. The van der Waals surface area contributed by atoms with E-state index in [-0.39, 0.29) is 5.91 Å². The highest BCUT2D eigenvalue weighted by Gasteiger charge is 2.11. The molecule has 0 saturated carbocycles. The molecule has 0 saturated heterocycles. The number of amides is 3. The first-order valence-corrected chi connectivity index (χ1v) is 8.17. The van der Waals surface area contributed by atoms with Crippen LogP contribution in [-0.4, -0.2) is 11.9 Å². The van der Waals surface area contributed by atoms with Crippen molar-refractivity contribution in [1.29, 1.82) is 0 Å². The van der Waals surface area contributed by atoms with Crippen molar-refractivity contribution in [2.45, 2.75) is 32.1 Å². The third-order valence-electron chi connectivity index (χ3n) is 4.19. The first-order valence-electron chi connectivity index (χ1n) is 8.17. The van der Waals surface area contributed by atoms with Crippen LogP contribution in [0, 0.1) is 0 Å². The third-order valence-corrected chi connectivity index (χ3v) is 4.19. The molecule has 1 aliphatic rings. The lowest BCUT2D eigenvalue weighted by molar-refractivity contribution is -0.115. The zero-order valence-corrected chi connectivity index (χ0v) is 13.5. The van der Waals surface area contributed by atoms with E-state index < -0.39 is 6.03 Å². The van der Waals surface area contributed by atoms with Gasteiger partial charge in [-0.1, -0.05) is 24.3 Å². The Morgan fingerprint density at radius 1 is 0.917 bits per heavy atom. The second-order valence-electron chi connectivity index (χ2n) is 6.11. The summed E-state index contributed by atoms with van der Waals surface area (Å²) in [7, 11) is 0. The number of urea groups is 1. The van der Waals surface area contributed by atoms with Gasteiger partial charge in [0, 0.05) is 11.4 Å². The van der Waals surface area contributed by atoms with Crippen molar-refractivity contribution in [2.75, 3.05) is 10.6 Å². The number of carbonyl (C=O) groups excluding carboxylic acids is 2. The fourth-order valence-electron chi connectivity index (χ4n) is 3.10. The number of aryl methyl sites for hydroxylation is 2. The molecule has 0 aromatic heterocycles. The zero-order valence-electron chi connectivity index (χ0n) is 13.5. The summed E-state index contributed by atoms with van der Waals surface area (Å²) in [5.74, 6) is -0.0815. The Morgan fingerprint density at radius 3 is 2.38 bits per heavy atom. The minimum Gasteiger partial charge on any atom is -0.351 e. The van der Waals surface area contributed by atoms with Gasteiger partial charge in [-0.3, -0.25) is 4.79 Å². The van der Waals surface area contributed by atoms with E-state index in [1.165, 1.54) is 24.0 Å². The van der Waals surface area contributed by atoms with E-state index >= 15 is 0 Å². The molecule has 24 heavy (non-hydrogen) atoms. The van der Waals surface area contributed by atoms with Crippen molar-refractivity contribution in [2.24, 2.45) is 5.73 Å². The monoisotopic (exact) mass is 323 g/mol. The molecule has 1 aliphatic carbocycles. The van der Waals surface area contributed by atoms with Crippen LogP contribution in [-0.2, 0) is 24.1 Å². The van der Waals surface area contributed by atoms with Crippen LogP contribution in [0.1, 0.15) is 29.5 Å².